The number of likely N-dealkylation sites (N-methyl/N-ethyl adjacent to an activating group) is 1. The first-order valence-corrected chi connectivity index (χ1v) is 8.73. The van der Waals surface area contributed by atoms with Crippen molar-refractivity contribution in [2.45, 2.75) is 13.0 Å². The van der Waals surface area contributed by atoms with Gasteiger partial charge in [-0.25, -0.2) is 0 Å². The number of carbonyl (C=O) groups excluding carboxylic acids is 1. The van der Waals surface area contributed by atoms with Crippen LogP contribution < -0.4 is 16.4 Å². The molecule has 1 atom stereocenters. The molecular weight excluding hydrogens is 348 g/mol. The lowest BCUT2D eigenvalue weighted by Gasteiger charge is -2.23. The molecule has 0 saturated heterocycles. The number of fused-ring (bicyclic) bond motifs is 1. The minimum atomic E-state index is -0.487. The number of halogens is 1. The molecule has 26 heavy (non-hydrogen) atoms. The number of aromatic nitrogens is 1. The van der Waals surface area contributed by atoms with Gasteiger partial charge in [-0.05, 0) is 43.3 Å². The van der Waals surface area contributed by atoms with Crippen molar-refractivity contribution >= 4 is 34.1 Å². The molecule has 5 nitrogen and oxygen atoms in total. The van der Waals surface area contributed by atoms with Gasteiger partial charge in [0, 0.05) is 28.8 Å². The summed E-state index contributed by atoms with van der Waals surface area (Å²) in [5.74, 6) is -0.487. The molecule has 6 heteroatoms. The number of nitrogens with two attached hydrogens (primary N) is 1. The summed E-state index contributed by atoms with van der Waals surface area (Å²) < 4.78 is 0. The van der Waals surface area contributed by atoms with E-state index in [4.69, 9.17) is 17.3 Å². The molecule has 4 N–H and O–H groups in total. The standard InChI is InChI=1S/C20H21ClN4O/c1-12-10-24-19-15(7-4-8-16(19)20(22)26)18(12)25-17(11-23-2)13-5-3-6-14(21)9-13/h3-10,17,23H,11H2,1-2H3,(H2,22,26)(H,24,25)/t17-/m1/s1. The highest BCUT2D eigenvalue weighted by molar-refractivity contribution is 6.30. The minimum absolute atomic E-state index is 0.000217. The number of nitrogens with zero attached hydrogens (tertiary/aromatic N) is 1. The van der Waals surface area contributed by atoms with Gasteiger partial charge in [0.15, 0.2) is 0 Å². The summed E-state index contributed by atoms with van der Waals surface area (Å²) in [7, 11) is 1.90. The molecule has 0 spiro atoms. The zero-order chi connectivity index (χ0) is 18.7. The molecule has 1 aromatic heterocycles. The van der Waals surface area contributed by atoms with Gasteiger partial charge in [0.05, 0.1) is 17.1 Å². The minimum Gasteiger partial charge on any atom is -0.376 e. The number of nitrogens with one attached hydrogen (secondary N) is 2. The molecule has 2 aromatic carbocycles. The van der Waals surface area contributed by atoms with E-state index in [1.807, 2.05) is 50.4 Å². The smallest absolute Gasteiger partial charge is 0.250 e. The number of aryl methyl sites for hydroxylation is 1. The third kappa shape index (κ3) is 3.64. The second-order valence-electron chi connectivity index (χ2n) is 6.19. The van der Waals surface area contributed by atoms with Crippen LogP contribution in [0.25, 0.3) is 10.9 Å². The summed E-state index contributed by atoms with van der Waals surface area (Å²) in [5.41, 5.74) is 9.50. The fourth-order valence-corrected chi connectivity index (χ4v) is 3.27. The van der Waals surface area contributed by atoms with Crippen LogP contribution in [0.4, 0.5) is 5.69 Å². The lowest BCUT2D eigenvalue weighted by molar-refractivity contribution is 0.100. The third-order valence-corrected chi connectivity index (χ3v) is 4.57. The van der Waals surface area contributed by atoms with Crippen molar-refractivity contribution in [3.63, 3.8) is 0 Å². The van der Waals surface area contributed by atoms with Gasteiger partial charge in [-0.15, -0.1) is 0 Å². The van der Waals surface area contributed by atoms with Crippen LogP contribution in [0.3, 0.4) is 0 Å². The Bertz CT molecular complexity index is 958. The van der Waals surface area contributed by atoms with Crippen molar-refractivity contribution in [3.8, 4) is 0 Å². The van der Waals surface area contributed by atoms with Gasteiger partial charge in [-0.1, -0.05) is 35.9 Å². The molecule has 0 aliphatic rings. The molecule has 0 aliphatic heterocycles. The molecule has 3 aromatic rings. The van der Waals surface area contributed by atoms with E-state index >= 15 is 0 Å². The number of anilines is 1. The predicted molar refractivity (Wildman–Crippen MR) is 107 cm³/mol. The third-order valence-electron chi connectivity index (χ3n) is 4.33. The van der Waals surface area contributed by atoms with Crippen LogP contribution in [0.2, 0.25) is 5.02 Å². The van der Waals surface area contributed by atoms with E-state index in [1.165, 1.54) is 0 Å². The lowest BCUT2D eigenvalue weighted by Crippen LogP contribution is -2.24. The summed E-state index contributed by atoms with van der Waals surface area (Å²) in [6.07, 6.45) is 1.76. The molecule has 0 fully saturated rings. The first-order valence-electron chi connectivity index (χ1n) is 8.36. The van der Waals surface area contributed by atoms with Crippen molar-refractivity contribution in [2.75, 3.05) is 18.9 Å². The zero-order valence-corrected chi connectivity index (χ0v) is 15.5. The SMILES string of the molecule is CNC[C@@H](Nc1c(C)cnc2c(C(N)=O)cccc12)c1cccc(Cl)c1. The highest BCUT2D eigenvalue weighted by atomic mass is 35.5. The Balaban J connectivity index is 2.10. The maximum absolute atomic E-state index is 11.7. The molecule has 0 aliphatic carbocycles. The summed E-state index contributed by atoms with van der Waals surface area (Å²) in [6, 6.07) is 13.2. The Morgan fingerprint density at radius 1 is 1.27 bits per heavy atom. The van der Waals surface area contributed by atoms with Crippen molar-refractivity contribution in [1.82, 2.24) is 10.3 Å². The number of para-hydroxylation sites is 1. The fraction of sp³-hybridized carbons (Fsp3) is 0.200. The topological polar surface area (TPSA) is 80.0 Å². The Hall–Kier alpha value is -2.63. The Labute approximate surface area is 157 Å². The second kappa shape index (κ2) is 7.72. The van der Waals surface area contributed by atoms with Crippen LogP contribution in [0.15, 0.2) is 48.7 Å². The fourth-order valence-electron chi connectivity index (χ4n) is 3.07. The number of hydrogen-bond acceptors (Lipinski definition) is 4. The lowest BCUT2D eigenvalue weighted by atomic mass is 10.0. The first-order chi connectivity index (χ1) is 12.5. The molecule has 1 heterocycles. The number of benzene rings is 2. The van der Waals surface area contributed by atoms with Gasteiger partial charge < -0.3 is 16.4 Å². The average molecular weight is 369 g/mol. The average Bonchev–Trinajstić information content (AvgIpc) is 2.62. The number of rotatable bonds is 6. The van der Waals surface area contributed by atoms with Gasteiger partial charge in [0.1, 0.15) is 0 Å². The normalized spacial score (nSPS) is 12.1. The predicted octanol–water partition coefficient (Wildman–Crippen LogP) is 3.67. The van der Waals surface area contributed by atoms with Crippen molar-refractivity contribution < 1.29 is 4.79 Å². The van der Waals surface area contributed by atoms with Gasteiger partial charge in [-0.3, -0.25) is 9.78 Å². The molecule has 0 unspecified atom stereocenters. The first kappa shape index (κ1) is 18.2. The van der Waals surface area contributed by atoms with Gasteiger partial charge in [-0.2, -0.15) is 0 Å². The molecule has 0 saturated carbocycles. The summed E-state index contributed by atoms with van der Waals surface area (Å²) >= 11 is 6.16. The van der Waals surface area contributed by atoms with Crippen LogP contribution in [0.1, 0.15) is 27.5 Å². The van der Waals surface area contributed by atoms with Crippen molar-refractivity contribution in [3.05, 3.63) is 70.4 Å². The van der Waals surface area contributed by atoms with Crippen LogP contribution in [0, 0.1) is 6.92 Å². The highest BCUT2D eigenvalue weighted by Crippen LogP contribution is 2.31. The maximum atomic E-state index is 11.7. The second-order valence-corrected chi connectivity index (χ2v) is 6.63. The molecule has 3 rings (SSSR count). The summed E-state index contributed by atoms with van der Waals surface area (Å²) in [5, 5.41) is 8.35. The number of hydrogen-bond donors (Lipinski definition) is 3. The zero-order valence-electron chi connectivity index (χ0n) is 14.7. The van der Waals surface area contributed by atoms with Gasteiger partial charge in [0.2, 0.25) is 0 Å². The Morgan fingerprint density at radius 3 is 2.73 bits per heavy atom. The summed E-state index contributed by atoms with van der Waals surface area (Å²) in [4.78, 5) is 16.2. The molecule has 0 radical (unpaired) electrons. The van der Waals surface area contributed by atoms with Gasteiger partial charge >= 0.3 is 0 Å². The molecular formula is C20H21ClN4O. The van der Waals surface area contributed by atoms with Crippen LogP contribution >= 0.6 is 11.6 Å². The van der Waals surface area contributed by atoms with Crippen molar-refractivity contribution in [2.24, 2.45) is 5.73 Å². The van der Waals surface area contributed by atoms with E-state index < -0.39 is 5.91 Å². The van der Waals surface area contributed by atoms with Crippen molar-refractivity contribution in [1.29, 1.82) is 0 Å². The maximum Gasteiger partial charge on any atom is 0.250 e. The van der Waals surface area contributed by atoms with E-state index in [9.17, 15) is 4.79 Å². The van der Waals surface area contributed by atoms with Gasteiger partial charge in [0.25, 0.3) is 5.91 Å². The number of carbonyl (C=O) groups is 1. The molecule has 1 amide bonds. The number of pyridine rings is 1. The van der Waals surface area contributed by atoms with Crippen LogP contribution in [-0.2, 0) is 0 Å². The molecule has 0 bridgehead atoms. The summed E-state index contributed by atoms with van der Waals surface area (Å²) in [6.45, 7) is 2.69. The molecule has 134 valence electrons. The Morgan fingerprint density at radius 2 is 2.04 bits per heavy atom. The van der Waals surface area contributed by atoms with E-state index in [-0.39, 0.29) is 6.04 Å². The highest BCUT2D eigenvalue weighted by Gasteiger charge is 2.17. The van der Waals surface area contributed by atoms with E-state index in [1.54, 1.807) is 12.3 Å². The quantitative estimate of drug-likeness (QED) is 0.620. The van der Waals surface area contributed by atoms with E-state index in [2.05, 4.69) is 15.6 Å². The number of amides is 1. The van der Waals surface area contributed by atoms with E-state index in [0.717, 1.165) is 22.2 Å². The van der Waals surface area contributed by atoms with Crippen LogP contribution in [0.5, 0.6) is 0 Å². The number of primary amides is 1. The monoisotopic (exact) mass is 368 g/mol. The largest absolute Gasteiger partial charge is 0.376 e. The van der Waals surface area contributed by atoms with Crippen LogP contribution in [-0.4, -0.2) is 24.5 Å². The Kier molecular flexibility index (Phi) is 5.40. The van der Waals surface area contributed by atoms with E-state index in [0.29, 0.717) is 22.6 Å².